The summed E-state index contributed by atoms with van der Waals surface area (Å²) < 4.78 is 1.79. The molecule has 0 atom stereocenters. The minimum absolute atomic E-state index is 0.215. The van der Waals surface area contributed by atoms with Crippen molar-refractivity contribution in [2.75, 3.05) is 0 Å². The van der Waals surface area contributed by atoms with E-state index in [1.807, 2.05) is 31.2 Å². The molecule has 0 bridgehead atoms. The Morgan fingerprint density at radius 2 is 2.00 bits per heavy atom. The molecule has 21 heavy (non-hydrogen) atoms. The molecule has 0 amide bonds. The number of pyridine rings is 1. The van der Waals surface area contributed by atoms with E-state index in [-0.39, 0.29) is 5.56 Å². The summed E-state index contributed by atoms with van der Waals surface area (Å²) in [7, 11) is 0. The molecule has 0 saturated heterocycles. The number of carboxylic acids is 1. The third kappa shape index (κ3) is 2.38. The molecule has 0 aliphatic heterocycles. The monoisotopic (exact) mass is 280 g/mol. The Morgan fingerprint density at radius 1 is 1.14 bits per heavy atom. The highest BCUT2D eigenvalue weighted by atomic mass is 16.4. The number of carbonyl (C=O) groups is 1. The molecule has 6 nitrogen and oxygen atoms in total. The predicted octanol–water partition coefficient (Wildman–Crippen LogP) is 2.34. The topological polar surface area (TPSA) is 80.9 Å². The molecule has 1 aromatic carbocycles. The Kier molecular flexibility index (Phi) is 3.19. The first-order valence-corrected chi connectivity index (χ1v) is 6.34. The number of hydrogen-bond donors (Lipinski definition) is 1. The second-order valence-electron chi connectivity index (χ2n) is 4.48. The van der Waals surface area contributed by atoms with Crippen LogP contribution in [0.5, 0.6) is 0 Å². The van der Waals surface area contributed by atoms with Gasteiger partial charge in [-0.05, 0) is 37.3 Å². The van der Waals surface area contributed by atoms with Crippen molar-refractivity contribution >= 4 is 5.97 Å². The van der Waals surface area contributed by atoms with Crippen LogP contribution in [0, 0.1) is 6.92 Å². The van der Waals surface area contributed by atoms with Crippen LogP contribution in [-0.2, 0) is 0 Å². The molecule has 6 heteroatoms. The molecule has 0 fully saturated rings. The van der Waals surface area contributed by atoms with Gasteiger partial charge in [0.15, 0.2) is 5.82 Å². The number of carboxylic acid groups (broad SMARTS) is 1. The van der Waals surface area contributed by atoms with E-state index in [2.05, 4.69) is 15.2 Å². The number of aromatic carboxylic acids is 1. The number of aromatic nitrogens is 4. The number of nitrogens with zero attached hydrogens (tertiary/aromatic N) is 4. The lowest BCUT2D eigenvalue weighted by Crippen LogP contribution is -2.03. The van der Waals surface area contributed by atoms with Crippen molar-refractivity contribution in [1.29, 1.82) is 0 Å². The second-order valence-corrected chi connectivity index (χ2v) is 4.48. The van der Waals surface area contributed by atoms with E-state index in [1.54, 1.807) is 29.0 Å². The summed E-state index contributed by atoms with van der Waals surface area (Å²) in [5.74, 6) is 0.274. The molecule has 0 spiro atoms. The third-order valence-corrected chi connectivity index (χ3v) is 3.07. The molecule has 1 N–H and O–H groups in total. The van der Waals surface area contributed by atoms with Crippen molar-refractivity contribution in [1.82, 2.24) is 19.7 Å². The lowest BCUT2D eigenvalue weighted by Gasteiger charge is -2.09. The number of hydrogen-bond acceptors (Lipinski definition) is 4. The van der Waals surface area contributed by atoms with E-state index in [1.165, 1.54) is 0 Å². The maximum absolute atomic E-state index is 11.1. The van der Waals surface area contributed by atoms with Crippen molar-refractivity contribution < 1.29 is 9.90 Å². The first-order valence-electron chi connectivity index (χ1n) is 6.34. The molecule has 0 unspecified atom stereocenters. The summed E-state index contributed by atoms with van der Waals surface area (Å²) in [5, 5.41) is 17.3. The molecule has 3 aromatic rings. The highest BCUT2D eigenvalue weighted by molar-refractivity contribution is 5.88. The highest BCUT2D eigenvalue weighted by Gasteiger charge is 2.14. The van der Waals surface area contributed by atoms with Gasteiger partial charge in [0.05, 0.1) is 5.56 Å². The van der Waals surface area contributed by atoms with Gasteiger partial charge in [-0.15, -0.1) is 10.2 Å². The van der Waals surface area contributed by atoms with Gasteiger partial charge in [-0.3, -0.25) is 9.55 Å². The molecular weight excluding hydrogens is 268 g/mol. The predicted molar refractivity (Wildman–Crippen MR) is 76.3 cm³/mol. The number of aryl methyl sites for hydroxylation is 1. The Balaban J connectivity index is 2.17. The zero-order chi connectivity index (χ0) is 14.8. The maximum Gasteiger partial charge on any atom is 0.335 e. The Labute approximate surface area is 120 Å². The number of rotatable bonds is 3. The average Bonchev–Trinajstić information content (AvgIpc) is 2.90. The van der Waals surface area contributed by atoms with Gasteiger partial charge in [0.2, 0.25) is 0 Å². The van der Waals surface area contributed by atoms with E-state index in [4.69, 9.17) is 5.11 Å². The molecule has 3 rings (SSSR count). The quantitative estimate of drug-likeness (QED) is 0.796. The normalized spacial score (nSPS) is 10.5. The lowest BCUT2D eigenvalue weighted by atomic mass is 10.2. The average molecular weight is 280 g/mol. The molecule has 2 heterocycles. The van der Waals surface area contributed by atoms with Crippen molar-refractivity contribution in [3.63, 3.8) is 0 Å². The first-order chi connectivity index (χ1) is 10.2. The van der Waals surface area contributed by atoms with Crippen molar-refractivity contribution in [3.05, 3.63) is 60.0 Å². The Bertz CT molecular complexity index is 796. The van der Waals surface area contributed by atoms with Gasteiger partial charge in [-0.1, -0.05) is 12.1 Å². The van der Waals surface area contributed by atoms with Crippen LogP contribution in [0.2, 0.25) is 0 Å². The van der Waals surface area contributed by atoms with Crippen molar-refractivity contribution in [2.45, 2.75) is 6.92 Å². The minimum Gasteiger partial charge on any atom is -0.478 e. The van der Waals surface area contributed by atoms with Crippen LogP contribution in [0.15, 0.2) is 48.7 Å². The summed E-state index contributed by atoms with van der Waals surface area (Å²) >= 11 is 0. The van der Waals surface area contributed by atoms with Gasteiger partial charge in [0.1, 0.15) is 11.5 Å². The molecule has 0 aliphatic carbocycles. The summed E-state index contributed by atoms with van der Waals surface area (Å²) in [6.07, 6.45) is 1.68. The molecule has 104 valence electrons. The van der Waals surface area contributed by atoms with Crippen molar-refractivity contribution in [2.24, 2.45) is 0 Å². The smallest absolute Gasteiger partial charge is 0.335 e. The molecule has 0 radical (unpaired) electrons. The third-order valence-electron chi connectivity index (χ3n) is 3.07. The van der Waals surface area contributed by atoms with Crippen LogP contribution in [0.4, 0.5) is 0 Å². The van der Waals surface area contributed by atoms with Crippen LogP contribution in [0.25, 0.3) is 17.2 Å². The standard InChI is InChI=1S/C15H12N4O2/c1-10-17-18-14(13-7-2-3-8-16-13)19(10)12-6-4-5-11(9-12)15(20)21/h2-9H,1H3,(H,20,21). The van der Waals surface area contributed by atoms with Crippen LogP contribution < -0.4 is 0 Å². The second kappa shape index (κ2) is 5.16. The van der Waals surface area contributed by atoms with Crippen LogP contribution in [0.1, 0.15) is 16.2 Å². The SMILES string of the molecule is Cc1nnc(-c2ccccn2)n1-c1cccc(C(=O)O)c1. The summed E-state index contributed by atoms with van der Waals surface area (Å²) in [5.41, 5.74) is 1.59. The van der Waals surface area contributed by atoms with Gasteiger partial charge in [0, 0.05) is 11.9 Å². The molecule has 2 aromatic heterocycles. The van der Waals surface area contributed by atoms with Crippen LogP contribution in [0.3, 0.4) is 0 Å². The van der Waals surface area contributed by atoms with E-state index >= 15 is 0 Å². The van der Waals surface area contributed by atoms with Crippen molar-refractivity contribution in [3.8, 4) is 17.2 Å². The fraction of sp³-hybridized carbons (Fsp3) is 0.0667. The van der Waals surface area contributed by atoms with Crippen LogP contribution >= 0.6 is 0 Å². The van der Waals surface area contributed by atoms with Gasteiger partial charge >= 0.3 is 5.97 Å². The first kappa shape index (κ1) is 13.0. The zero-order valence-electron chi connectivity index (χ0n) is 11.3. The van der Waals surface area contributed by atoms with E-state index in [0.717, 1.165) is 0 Å². The summed E-state index contributed by atoms with van der Waals surface area (Å²) in [6, 6.07) is 12.2. The summed E-state index contributed by atoms with van der Waals surface area (Å²) in [4.78, 5) is 15.4. The molecule has 0 aliphatic rings. The van der Waals surface area contributed by atoms with Gasteiger partial charge in [-0.2, -0.15) is 0 Å². The highest BCUT2D eigenvalue weighted by Crippen LogP contribution is 2.21. The lowest BCUT2D eigenvalue weighted by molar-refractivity contribution is 0.0697. The largest absolute Gasteiger partial charge is 0.478 e. The maximum atomic E-state index is 11.1. The van der Waals surface area contributed by atoms with E-state index < -0.39 is 5.97 Å². The summed E-state index contributed by atoms with van der Waals surface area (Å²) in [6.45, 7) is 1.81. The van der Waals surface area contributed by atoms with Gasteiger partial charge in [0.25, 0.3) is 0 Å². The fourth-order valence-corrected chi connectivity index (χ4v) is 2.11. The van der Waals surface area contributed by atoms with Crippen LogP contribution in [-0.4, -0.2) is 30.8 Å². The number of benzene rings is 1. The Hall–Kier alpha value is -3.02. The van der Waals surface area contributed by atoms with E-state index in [0.29, 0.717) is 23.0 Å². The van der Waals surface area contributed by atoms with Gasteiger partial charge < -0.3 is 5.11 Å². The molecule has 0 saturated carbocycles. The Morgan fingerprint density at radius 3 is 2.71 bits per heavy atom. The molecular formula is C15H12N4O2. The fourth-order valence-electron chi connectivity index (χ4n) is 2.11. The van der Waals surface area contributed by atoms with Gasteiger partial charge in [-0.25, -0.2) is 4.79 Å². The van der Waals surface area contributed by atoms with E-state index in [9.17, 15) is 4.79 Å². The zero-order valence-corrected chi connectivity index (χ0v) is 11.3. The minimum atomic E-state index is -0.970.